The standard InChI is InChI=1S/C14H13N3OS/c15-14(19)12-7-17-13(8-16-12)18-11-5-4-9-2-1-3-10(9)6-11/h4-8H,1-3H2,(H2,15,19). The predicted octanol–water partition coefficient (Wildman–Crippen LogP) is 2.39. The van der Waals surface area contributed by atoms with Crippen LogP contribution in [-0.4, -0.2) is 15.0 Å². The number of rotatable bonds is 3. The third-order valence-electron chi connectivity index (χ3n) is 3.17. The summed E-state index contributed by atoms with van der Waals surface area (Å²) in [5.74, 6) is 1.23. The van der Waals surface area contributed by atoms with Crippen LogP contribution in [0.4, 0.5) is 0 Å². The second-order valence-electron chi connectivity index (χ2n) is 4.49. The minimum atomic E-state index is 0.233. The molecule has 0 saturated carbocycles. The van der Waals surface area contributed by atoms with Crippen molar-refractivity contribution in [3.05, 3.63) is 47.4 Å². The Balaban J connectivity index is 1.79. The fourth-order valence-corrected chi connectivity index (χ4v) is 2.33. The van der Waals surface area contributed by atoms with Gasteiger partial charge in [0.05, 0.1) is 12.4 Å². The molecule has 1 aliphatic carbocycles. The normalized spacial score (nSPS) is 13.1. The molecule has 3 rings (SSSR count). The van der Waals surface area contributed by atoms with E-state index < -0.39 is 0 Å². The number of thiocarbonyl (C=S) groups is 1. The number of benzene rings is 1. The van der Waals surface area contributed by atoms with E-state index >= 15 is 0 Å². The zero-order valence-corrected chi connectivity index (χ0v) is 11.1. The highest BCUT2D eigenvalue weighted by atomic mass is 32.1. The minimum Gasteiger partial charge on any atom is -0.437 e. The average molecular weight is 271 g/mol. The van der Waals surface area contributed by atoms with Crippen molar-refractivity contribution >= 4 is 17.2 Å². The van der Waals surface area contributed by atoms with Crippen LogP contribution < -0.4 is 10.5 Å². The number of nitrogens with two attached hydrogens (primary N) is 1. The van der Waals surface area contributed by atoms with Gasteiger partial charge in [0, 0.05) is 0 Å². The summed E-state index contributed by atoms with van der Waals surface area (Å²) in [5.41, 5.74) is 8.75. The van der Waals surface area contributed by atoms with Gasteiger partial charge in [0.2, 0.25) is 5.88 Å². The number of ether oxygens (including phenoxy) is 1. The summed E-state index contributed by atoms with van der Waals surface area (Å²) in [7, 11) is 0. The molecule has 5 heteroatoms. The molecule has 4 nitrogen and oxygen atoms in total. The molecule has 2 N–H and O–H groups in total. The lowest BCUT2D eigenvalue weighted by atomic mass is 10.1. The molecular formula is C14H13N3OS. The van der Waals surface area contributed by atoms with Crippen molar-refractivity contribution in [2.75, 3.05) is 0 Å². The fourth-order valence-electron chi connectivity index (χ4n) is 2.23. The maximum absolute atomic E-state index is 5.68. The van der Waals surface area contributed by atoms with Crippen LogP contribution in [0.25, 0.3) is 0 Å². The Bertz CT molecular complexity index is 625. The molecule has 0 saturated heterocycles. The fraction of sp³-hybridized carbons (Fsp3) is 0.214. The molecule has 0 fully saturated rings. The summed E-state index contributed by atoms with van der Waals surface area (Å²) >= 11 is 4.82. The summed E-state index contributed by atoms with van der Waals surface area (Å²) in [4.78, 5) is 8.46. The van der Waals surface area contributed by atoms with Crippen LogP contribution in [-0.2, 0) is 12.8 Å². The van der Waals surface area contributed by atoms with Gasteiger partial charge in [-0.05, 0) is 42.5 Å². The van der Waals surface area contributed by atoms with Crippen molar-refractivity contribution in [2.45, 2.75) is 19.3 Å². The number of hydrogen-bond donors (Lipinski definition) is 1. The molecule has 19 heavy (non-hydrogen) atoms. The first-order valence-corrected chi connectivity index (χ1v) is 6.55. The van der Waals surface area contributed by atoms with Crippen molar-refractivity contribution < 1.29 is 4.74 Å². The Kier molecular flexibility index (Phi) is 3.13. The SMILES string of the molecule is NC(=S)c1cnc(Oc2ccc3c(c2)CCC3)cn1. The van der Waals surface area contributed by atoms with Crippen LogP contribution in [0.2, 0.25) is 0 Å². The van der Waals surface area contributed by atoms with Crippen LogP contribution in [0.3, 0.4) is 0 Å². The van der Waals surface area contributed by atoms with E-state index in [9.17, 15) is 0 Å². The molecule has 0 amide bonds. The third-order valence-corrected chi connectivity index (χ3v) is 3.38. The Morgan fingerprint density at radius 1 is 1.16 bits per heavy atom. The third kappa shape index (κ3) is 2.56. The van der Waals surface area contributed by atoms with Crippen molar-refractivity contribution in [1.29, 1.82) is 0 Å². The summed E-state index contributed by atoms with van der Waals surface area (Å²) in [6, 6.07) is 6.16. The molecule has 1 aromatic carbocycles. The second kappa shape index (κ2) is 4.93. The highest BCUT2D eigenvalue weighted by Gasteiger charge is 2.11. The van der Waals surface area contributed by atoms with E-state index in [2.05, 4.69) is 22.1 Å². The lowest BCUT2D eigenvalue weighted by Gasteiger charge is -2.06. The number of hydrogen-bond acceptors (Lipinski definition) is 4. The van der Waals surface area contributed by atoms with Gasteiger partial charge in [-0.3, -0.25) is 0 Å². The molecular weight excluding hydrogens is 258 g/mol. The number of aryl methyl sites for hydroxylation is 2. The summed E-state index contributed by atoms with van der Waals surface area (Å²) in [5, 5.41) is 0. The average Bonchev–Trinajstić information content (AvgIpc) is 2.87. The Morgan fingerprint density at radius 3 is 2.74 bits per heavy atom. The quantitative estimate of drug-likeness (QED) is 0.869. The largest absolute Gasteiger partial charge is 0.437 e. The highest BCUT2D eigenvalue weighted by molar-refractivity contribution is 7.80. The molecule has 1 aromatic heterocycles. The number of aromatic nitrogens is 2. The van der Waals surface area contributed by atoms with Crippen molar-refractivity contribution in [3.63, 3.8) is 0 Å². The predicted molar refractivity (Wildman–Crippen MR) is 76.5 cm³/mol. The highest BCUT2D eigenvalue weighted by Crippen LogP contribution is 2.28. The van der Waals surface area contributed by atoms with E-state index in [0.717, 1.165) is 18.6 Å². The molecule has 0 unspecified atom stereocenters. The molecule has 96 valence electrons. The van der Waals surface area contributed by atoms with Crippen molar-refractivity contribution in [3.8, 4) is 11.6 Å². The minimum absolute atomic E-state index is 0.233. The molecule has 2 aromatic rings. The van der Waals surface area contributed by atoms with Crippen LogP contribution in [0, 0.1) is 0 Å². The Labute approximate surface area is 116 Å². The van der Waals surface area contributed by atoms with E-state index in [-0.39, 0.29) is 4.99 Å². The molecule has 1 heterocycles. The Morgan fingerprint density at radius 2 is 2.00 bits per heavy atom. The van der Waals surface area contributed by atoms with Gasteiger partial charge in [-0.15, -0.1) is 0 Å². The second-order valence-corrected chi connectivity index (χ2v) is 4.93. The summed E-state index contributed by atoms with van der Waals surface area (Å²) in [6.07, 6.45) is 6.56. The zero-order valence-electron chi connectivity index (χ0n) is 10.3. The lowest BCUT2D eigenvalue weighted by Crippen LogP contribution is -2.11. The van der Waals surface area contributed by atoms with Gasteiger partial charge < -0.3 is 10.5 Å². The first kappa shape index (κ1) is 12.0. The first-order chi connectivity index (χ1) is 9.22. The van der Waals surface area contributed by atoms with Crippen LogP contribution in [0.5, 0.6) is 11.6 Å². The lowest BCUT2D eigenvalue weighted by molar-refractivity contribution is 0.459. The monoisotopic (exact) mass is 271 g/mol. The zero-order chi connectivity index (χ0) is 13.2. The topological polar surface area (TPSA) is 61.0 Å². The molecule has 0 radical (unpaired) electrons. The summed E-state index contributed by atoms with van der Waals surface area (Å²) < 4.78 is 5.68. The molecule has 0 spiro atoms. The summed E-state index contributed by atoms with van der Waals surface area (Å²) in [6.45, 7) is 0. The van der Waals surface area contributed by atoms with Crippen molar-refractivity contribution in [1.82, 2.24) is 9.97 Å². The van der Waals surface area contributed by atoms with E-state index in [1.54, 1.807) is 0 Å². The number of fused-ring (bicyclic) bond motifs is 1. The molecule has 0 aliphatic heterocycles. The van der Waals surface area contributed by atoms with Gasteiger partial charge in [0.15, 0.2) is 0 Å². The van der Waals surface area contributed by atoms with Gasteiger partial charge in [-0.1, -0.05) is 18.3 Å². The maximum Gasteiger partial charge on any atom is 0.237 e. The molecule has 1 aliphatic rings. The van der Waals surface area contributed by atoms with Gasteiger partial charge >= 0.3 is 0 Å². The van der Waals surface area contributed by atoms with E-state index in [1.165, 1.54) is 29.9 Å². The van der Waals surface area contributed by atoms with Gasteiger partial charge in [0.1, 0.15) is 16.4 Å². The molecule has 0 atom stereocenters. The van der Waals surface area contributed by atoms with Gasteiger partial charge in [-0.2, -0.15) is 0 Å². The van der Waals surface area contributed by atoms with Crippen molar-refractivity contribution in [2.24, 2.45) is 5.73 Å². The van der Waals surface area contributed by atoms with E-state index in [1.807, 2.05) is 6.07 Å². The maximum atomic E-state index is 5.68. The Hall–Kier alpha value is -2.01. The smallest absolute Gasteiger partial charge is 0.237 e. The van der Waals surface area contributed by atoms with E-state index in [0.29, 0.717) is 11.6 Å². The number of nitrogens with zero attached hydrogens (tertiary/aromatic N) is 2. The van der Waals surface area contributed by atoms with Gasteiger partial charge in [-0.25, -0.2) is 9.97 Å². The van der Waals surface area contributed by atoms with Gasteiger partial charge in [0.25, 0.3) is 0 Å². The molecule has 0 bridgehead atoms. The first-order valence-electron chi connectivity index (χ1n) is 6.14. The van der Waals surface area contributed by atoms with E-state index in [4.69, 9.17) is 22.7 Å². The van der Waals surface area contributed by atoms with Crippen LogP contribution in [0.1, 0.15) is 23.2 Å². The van der Waals surface area contributed by atoms with Crippen LogP contribution >= 0.6 is 12.2 Å². The van der Waals surface area contributed by atoms with Crippen LogP contribution in [0.15, 0.2) is 30.6 Å².